The first-order chi connectivity index (χ1) is 26.7. The van der Waals surface area contributed by atoms with Crippen LogP contribution < -0.4 is 4.74 Å². The molecule has 5 aromatic carbocycles. The van der Waals surface area contributed by atoms with Crippen molar-refractivity contribution in [3.8, 4) is 40.3 Å². The van der Waals surface area contributed by atoms with E-state index in [1.165, 1.54) is 0 Å². The van der Waals surface area contributed by atoms with Crippen LogP contribution in [-0.2, 0) is 5.41 Å². The van der Waals surface area contributed by atoms with Gasteiger partial charge in [0.05, 0.1) is 56.7 Å². The second-order valence-corrected chi connectivity index (χ2v) is 14.0. The van der Waals surface area contributed by atoms with E-state index in [9.17, 15) is 5.26 Å². The molecule has 250 valence electrons. The molecule has 0 bridgehead atoms. The van der Waals surface area contributed by atoms with E-state index in [1.54, 1.807) is 0 Å². The minimum absolute atomic E-state index is 0.635. The van der Waals surface area contributed by atoms with Gasteiger partial charge in [-0.1, -0.05) is 54.6 Å². The molecule has 0 saturated heterocycles. The highest BCUT2D eigenvalue weighted by Crippen LogP contribution is 2.61. The van der Waals surface area contributed by atoms with Gasteiger partial charge < -0.3 is 13.9 Å². The van der Waals surface area contributed by atoms with Crippen molar-refractivity contribution < 1.29 is 4.74 Å². The molecule has 5 aromatic heterocycles. The maximum atomic E-state index is 9.67. The van der Waals surface area contributed by atoms with Gasteiger partial charge in [0.15, 0.2) is 0 Å². The SMILES string of the molecule is N#Cc1ccc2c(c1)c1ccccc1n2-c1ccc2c(c1)c1ccncc1n2-c1ccc2c(c1)Oc1ccccc1C21c2cccnc2-c2ncccc21. The summed E-state index contributed by atoms with van der Waals surface area (Å²) in [6, 6.07) is 48.7. The molecule has 12 rings (SSSR count). The van der Waals surface area contributed by atoms with Gasteiger partial charge in [0.2, 0.25) is 0 Å². The molecule has 0 unspecified atom stereocenters. The minimum Gasteiger partial charge on any atom is -0.457 e. The van der Waals surface area contributed by atoms with Gasteiger partial charge in [-0.2, -0.15) is 5.26 Å². The molecule has 2 aliphatic rings. The van der Waals surface area contributed by atoms with Crippen LogP contribution in [0.1, 0.15) is 27.8 Å². The maximum Gasteiger partial charge on any atom is 0.134 e. The normalized spacial score (nSPS) is 13.5. The third kappa shape index (κ3) is 3.61. The molecule has 0 atom stereocenters. The van der Waals surface area contributed by atoms with Crippen molar-refractivity contribution in [2.24, 2.45) is 0 Å². The summed E-state index contributed by atoms with van der Waals surface area (Å²) in [5.74, 6) is 1.60. The number of pyridine rings is 3. The maximum absolute atomic E-state index is 9.67. The van der Waals surface area contributed by atoms with Gasteiger partial charge in [0.25, 0.3) is 0 Å². The first-order valence-electron chi connectivity index (χ1n) is 17.9. The number of ether oxygens (including phenoxy) is 1. The molecule has 1 aliphatic heterocycles. The molecule has 7 heteroatoms. The predicted octanol–water partition coefficient (Wildman–Crippen LogP) is 10.4. The van der Waals surface area contributed by atoms with Crippen molar-refractivity contribution in [1.29, 1.82) is 5.26 Å². The Morgan fingerprint density at radius 3 is 1.96 bits per heavy atom. The molecular weight excluding hydrogens is 665 g/mol. The average Bonchev–Trinajstić information content (AvgIpc) is 3.85. The number of nitriles is 1. The summed E-state index contributed by atoms with van der Waals surface area (Å²) < 4.78 is 11.4. The minimum atomic E-state index is -0.635. The first kappa shape index (κ1) is 29.1. The van der Waals surface area contributed by atoms with Crippen molar-refractivity contribution in [1.82, 2.24) is 24.1 Å². The molecule has 1 spiro atoms. The van der Waals surface area contributed by atoms with E-state index in [-0.39, 0.29) is 0 Å². The standard InChI is InChI=1S/C47H26N6O/c48-26-28-13-17-40-33(23-28)31-7-1-3-11-39(31)52(40)29-15-18-41-34(24-29)32-19-22-49-27-42(32)53(41)30-14-16-36-44(25-30)54-43-12-4-2-8-35(43)47(36)37-9-5-20-50-45(37)46-38(47)10-6-21-51-46/h1-25,27H. The highest BCUT2D eigenvalue weighted by atomic mass is 16.5. The van der Waals surface area contributed by atoms with Gasteiger partial charge in [-0.3, -0.25) is 15.0 Å². The second-order valence-electron chi connectivity index (χ2n) is 14.0. The Kier molecular flexibility index (Phi) is 5.65. The van der Waals surface area contributed by atoms with Crippen LogP contribution in [0.25, 0.3) is 66.4 Å². The molecule has 7 nitrogen and oxygen atoms in total. The van der Waals surface area contributed by atoms with E-state index in [0.717, 1.165) is 100 Å². The molecular formula is C47H26N6O. The molecule has 54 heavy (non-hydrogen) atoms. The van der Waals surface area contributed by atoms with Crippen LogP contribution in [0.5, 0.6) is 11.5 Å². The van der Waals surface area contributed by atoms with E-state index >= 15 is 0 Å². The highest BCUT2D eigenvalue weighted by molar-refractivity contribution is 6.12. The van der Waals surface area contributed by atoms with E-state index in [2.05, 4.69) is 123 Å². The zero-order valence-electron chi connectivity index (χ0n) is 28.6. The molecule has 0 saturated carbocycles. The lowest BCUT2D eigenvalue weighted by Gasteiger charge is -2.39. The average molecular weight is 691 g/mol. The van der Waals surface area contributed by atoms with Crippen molar-refractivity contribution in [2.75, 3.05) is 0 Å². The predicted molar refractivity (Wildman–Crippen MR) is 211 cm³/mol. The van der Waals surface area contributed by atoms with Crippen LogP contribution in [0.15, 0.2) is 158 Å². The zero-order valence-corrected chi connectivity index (χ0v) is 28.6. The quantitative estimate of drug-likeness (QED) is 0.180. The summed E-state index contributed by atoms with van der Waals surface area (Å²) >= 11 is 0. The van der Waals surface area contributed by atoms with E-state index in [1.807, 2.05) is 55.1 Å². The third-order valence-corrected chi connectivity index (χ3v) is 11.4. The number of fused-ring (bicyclic) bond motifs is 15. The van der Waals surface area contributed by atoms with Crippen molar-refractivity contribution in [3.63, 3.8) is 0 Å². The Bertz CT molecular complexity index is 3250. The van der Waals surface area contributed by atoms with Crippen LogP contribution in [0.3, 0.4) is 0 Å². The summed E-state index contributed by atoms with van der Waals surface area (Å²) in [5.41, 5.74) is 12.4. The Hall–Kier alpha value is -7.56. The fourth-order valence-corrected chi connectivity index (χ4v) is 9.29. The molecule has 0 amide bonds. The van der Waals surface area contributed by atoms with E-state index < -0.39 is 5.41 Å². The van der Waals surface area contributed by atoms with Crippen molar-refractivity contribution >= 4 is 43.6 Å². The van der Waals surface area contributed by atoms with Crippen LogP contribution >= 0.6 is 0 Å². The molecule has 0 fully saturated rings. The third-order valence-electron chi connectivity index (χ3n) is 11.4. The topological polar surface area (TPSA) is 81.5 Å². The number of benzene rings is 5. The van der Waals surface area contributed by atoms with Crippen LogP contribution in [0.2, 0.25) is 0 Å². The number of para-hydroxylation sites is 2. The highest BCUT2D eigenvalue weighted by Gasteiger charge is 2.52. The molecule has 0 radical (unpaired) electrons. The van der Waals surface area contributed by atoms with Crippen molar-refractivity contribution in [2.45, 2.75) is 5.41 Å². The summed E-state index contributed by atoms with van der Waals surface area (Å²) in [4.78, 5) is 14.3. The number of aromatic nitrogens is 5. The van der Waals surface area contributed by atoms with E-state index in [0.29, 0.717) is 5.56 Å². The second kappa shape index (κ2) is 10.5. The lowest BCUT2D eigenvalue weighted by molar-refractivity contribution is 0.436. The Morgan fingerprint density at radius 1 is 0.500 bits per heavy atom. The fraction of sp³-hybridized carbons (Fsp3) is 0.0213. The Labute approximate surface area is 308 Å². The smallest absolute Gasteiger partial charge is 0.134 e. The largest absolute Gasteiger partial charge is 0.457 e. The number of rotatable bonds is 2. The zero-order chi connectivity index (χ0) is 35.5. The Balaban J connectivity index is 1.09. The first-order valence-corrected chi connectivity index (χ1v) is 17.9. The summed E-state index contributed by atoms with van der Waals surface area (Å²) in [5, 5.41) is 14.1. The van der Waals surface area contributed by atoms with Crippen LogP contribution in [0.4, 0.5) is 0 Å². The fourth-order valence-electron chi connectivity index (χ4n) is 9.29. The lowest BCUT2D eigenvalue weighted by atomic mass is 9.66. The van der Waals surface area contributed by atoms with Gasteiger partial charge in [0.1, 0.15) is 11.5 Å². The summed E-state index contributed by atoms with van der Waals surface area (Å²) in [6.07, 6.45) is 7.49. The van der Waals surface area contributed by atoms with Crippen LogP contribution in [-0.4, -0.2) is 24.1 Å². The van der Waals surface area contributed by atoms with Gasteiger partial charge >= 0.3 is 0 Å². The van der Waals surface area contributed by atoms with Gasteiger partial charge in [-0.05, 0) is 83.9 Å². The molecule has 10 aromatic rings. The van der Waals surface area contributed by atoms with Crippen molar-refractivity contribution in [3.05, 3.63) is 186 Å². The lowest BCUT2D eigenvalue weighted by Crippen LogP contribution is -2.32. The van der Waals surface area contributed by atoms with Gasteiger partial charge in [0, 0.05) is 68.7 Å². The monoisotopic (exact) mass is 690 g/mol. The summed E-state index contributed by atoms with van der Waals surface area (Å²) in [7, 11) is 0. The van der Waals surface area contributed by atoms with Gasteiger partial charge in [-0.25, -0.2) is 0 Å². The molecule has 6 heterocycles. The number of hydrogen-bond acceptors (Lipinski definition) is 5. The number of nitrogens with zero attached hydrogens (tertiary/aromatic N) is 6. The number of hydrogen-bond donors (Lipinski definition) is 0. The van der Waals surface area contributed by atoms with Crippen LogP contribution in [0, 0.1) is 11.3 Å². The van der Waals surface area contributed by atoms with Gasteiger partial charge in [-0.15, -0.1) is 0 Å². The molecule has 0 N–H and O–H groups in total. The Morgan fingerprint density at radius 2 is 1.13 bits per heavy atom. The van der Waals surface area contributed by atoms with E-state index in [4.69, 9.17) is 14.7 Å². The molecule has 1 aliphatic carbocycles. The summed E-state index contributed by atoms with van der Waals surface area (Å²) in [6.45, 7) is 0.